The fourth-order valence-corrected chi connectivity index (χ4v) is 5.06. The zero-order valence-electron chi connectivity index (χ0n) is 15.1. The zero-order valence-corrected chi connectivity index (χ0v) is 16.8. The van der Waals surface area contributed by atoms with E-state index >= 15 is 0 Å². The molecule has 1 fully saturated rings. The number of carbonyl (C=O) groups excluding carboxylic acids is 2. The second-order valence-electron chi connectivity index (χ2n) is 6.03. The van der Waals surface area contributed by atoms with Crippen LogP contribution in [-0.4, -0.2) is 67.3 Å². The molecule has 0 aromatic heterocycles. The van der Waals surface area contributed by atoms with E-state index in [1.807, 2.05) is 0 Å². The van der Waals surface area contributed by atoms with Gasteiger partial charge in [-0.2, -0.15) is 8.42 Å². The third-order valence-corrected chi connectivity index (χ3v) is 6.34. The molecule has 2 N–H and O–H groups in total. The Morgan fingerprint density at radius 3 is 2.67 bits per heavy atom. The molecule has 2 rings (SSSR count). The first-order valence-corrected chi connectivity index (χ1v) is 10.6. The number of amides is 2. The third-order valence-electron chi connectivity index (χ3n) is 4.16. The molecule has 0 aromatic carbocycles. The Kier molecular flexibility index (Phi) is 6.89. The van der Waals surface area contributed by atoms with E-state index < -0.39 is 40.3 Å². The molecule has 12 heteroatoms. The highest BCUT2D eigenvalue weighted by Crippen LogP contribution is 2.47. The predicted molar refractivity (Wildman–Crippen MR) is 95.6 cm³/mol. The summed E-state index contributed by atoms with van der Waals surface area (Å²) in [5.41, 5.74) is -0.0889. The Hall–Kier alpha value is -1.63. The maximum Gasteiger partial charge on any atom is 0.400 e. The van der Waals surface area contributed by atoms with Gasteiger partial charge in [-0.05, 0) is 13.8 Å². The van der Waals surface area contributed by atoms with E-state index in [0.29, 0.717) is 23.6 Å². The average molecular weight is 422 g/mol. The second kappa shape index (κ2) is 8.59. The van der Waals surface area contributed by atoms with Crippen molar-refractivity contribution in [2.24, 2.45) is 5.92 Å². The lowest BCUT2D eigenvalue weighted by molar-refractivity contribution is -0.160. The molecule has 0 bridgehead atoms. The zero-order chi connectivity index (χ0) is 20.4. The molecule has 0 spiro atoms. The van der Waals surface area contributed by atoms with Gasteiger partial charge in [-0.25, -0.2) is 13.2 Å². The fourth-order valence-electron chi connectivity index (χ4n) is 3.16. The van der Waals surface area contributed by atoms with E-state index in [4.69, 9.17) is 4.18 Å². The number of aliphatic carboxylic acids is 1. The molecule has 0 saturated carbocycles. The molecule has 2 aliphatic rings. The quantitative estimate of drug-likeness (QED) is 0.370. The number of β-lactam (4-membered cyclic amide) rings is 1. The lowest BCUT2D eigenvalue weighted by Crippen LogP contribution is -2.62. The molecule has 1 saturated heterocycles. The first-order chi connectivity index (χ1) is 12.6. The Morgan fingerprint density at radius 1 is 1.44 bits per heavy atom. The molecule has 2 aliphatic heterocycles. The highest BCUT2D eigenvalue weighted by atomic mass is 32.3. The Labute approximate surface area is 161 Å². The number of nitrogens with zero attached hydrogens (tertiary/aromatic N) is 1. The minimum Gasteiger partial charge on any atom is -0.477 e. The molecule has 0 aliphatic carbocycles. The van der Waals surface area contributed by atoms with Crippen LogP contribution < -0.4 is 5.32 Å². The van der Waals surface area contributed by atoms with Crippen LogP contribution in [0.2, 0.25) is 0 Å². The summed E-state index contributed by atoms with van der Waals surface area (Å²) in [4.78, 5) is 36.7. The lowest BCUT2D eigenvalue weighted by atomic mass is 9.83. The van der Waals surface area contributed by atoms with E-state index in [1.165, 1.54) is 37.4 Å². The fraction of sp³-hybridized carbons (Fsp3) is 0.667. The largest absolute Gasteiger partial charge is 0.477 e. The van der Waals surface area contributed by atoms with Crippen molar-refractivity contribution in [2.45, 2.75) is 39.3 Å². The summed E-state index contributed by atoms with van der Waals surface area (Å²) in [5.74, 6) is -2.22. The Morgan fingerprint density at radius 2 is 2.11 bits per heavy atom. The highest BCUT2D eigenvalue weighted by Gasteiger charge is 2.57. The molecular weight excluding hydrogens is 400 g/mol. The number of nitrogens with one attached hydrogen (secondary N) is 1. The molecule has 0 unspecified atom stereocenters. The average Bonchev–Trinajstić information content (AvgIpc) is 2.85. The molecular formula is C15H22N2O8S2. The predicted octanol–water partition coefficient (Wildman–Crippen LogP) is 0.0690. The SMILES string of the molecule is CCOS(=O)(=O)O[C@@H](C)[C@@H]1C(=O)N2C(C(=O)O)=C(SCCNC(C)=O)C[C@H]12. The number of rotatable bonds is 10. The minimum atomic E-state index is -4.22. The maximum absolute atomic E-state index is 12.5. The van der Waals surface area contributed by atoms with E-state index in [-0.39, 0.29) is 18.2 Å². The first-order valence-electron chi connectivity index (χ1n) is 8.33. The van der Waals surface area contributed by atoms with Crippen molar-refractivity contribution in [2.75, 3.05) is 18.9 Å². The van der Waals surface area contributed by atoms with Crippen LogP contribution in [0.15, 0.2) is 10.6 Å². The van der Waals surface area contributed by atoms with Gasteiger partial charge < -0.3 is 15.3 Å². The Bertz CT molecular complexity index is 764. The van der Waals surface area contributed by atoms with Crippen molar-refractivity contribution >= 4 is 39.9 Å². The van der Waals surface area contributed by atoms with Gasteiger partial charge in [0.25, 0.3) is 0 Å². The number of thioether (sulfide) groups is 1. The van der Waals surface area contributed by atoms with Gasteiger partial charge in [-0.15, -0.1) is 11.8 Å². The molecule has 27 heavy (non-hydrogen) atoms. The van der Waals surface area contributed by atoms with Crippen LogP contribution in [0.5, 0.6) is 0 Å². The molecule has 2 amide bonds. The van der Waals surface area contributed by atoms with E-state index in [0.717, 1.165) is 0 Å². The molecule has 2 heterocycles. The minimum absolute atomic E-state index is 0.0889. The Balaban J connectivity index is 2.06. The normalized spacial score (nSPS) is 23.1. The number of carboxylic acid groups (broad SMARTS) is 1. The summed E-state index contributed by atoms with van der Waals surface area (Å²) in [5, 5.41) is 12.1. The number of hydrogen-bond acceptors (Lipinski definition) is 8. The molecule has 152 valence electrons. The summed E-state index contributed by atoms with van der Waals surface area (Å²) in [7, 11) is -4.22. The molecule has 0 radical (unpaired) electrons. The maximum atomic E-state index is 12.5. The van der Waals surface area contributed by atoms with Crippen molar-refractivity contribution in [1.82, 2.24) is 10.2 Å². The first kappa shape index (κ1) is 21.7. The van der Waals surface area contributed by atoms with Gasteiger partial charge in [0.1, 0.15) is 5.70 Å². The summed E-state index contributed by atoms with van der Waals surface area (Å²) in [6.07, 6.45) is -0.681. The van der Waals surface area contributed by atoms with Gasteiger partial charge in [-0.1, -0.05) is 0 Å². The van der Waals surface area contributed by atoms with Crippen LogP contribution >= 0.6 is 11.8 Å². The van der Waals surface area contributed by atoms with Gasteiger partial charge in [0.15, 0.2) is 0 Å². The third kappa shape index (κ3) is 4.81. The van der Waals surface area contributed by atoms with E-state index in [2.05, 4.69) is 9.50 Å². The topological polar surface area (TPSA) is 139 Å². The number of fused-ring (bicyclic) bond motifs is 1. The van der Waals surface area contributed by atoms with Crippen molar-refractivity contribution in [3.8, 4) is 0 Å². The van der Waals surface area contributed by atoms with Crippen LogP contribution in [-0.2, 0) is 33.1 Å². The van der Waals surface area contributed by atoms with Gasteiger partial charge in [0.2, 0.25) is 11.8 Å². The van der Waals surface area contributed by atoms with Crippen LogP contribution in [0.25, 0.3) is 0 Å². The van der Waals surface area contributed by atoms with Gasteiger partial charge >= 0.3 is 16.4 Å². The summed E-state index contributed by atoms with van der Waals surface area (Å²) in [6.45, 7) is 4.59. The molecule has 10 nitrogen and oxygen atoms in total. The van der Waals surface area contributed by atoms with Crippen LogP contribution in [0.1, 0.15) is 27.2 Å². The summed E-state index contributed by atoms with van der Waals surface area (Å²) >= 11 is 1.25. The van der Waals surface area contributed by atoms with Crippen LogP contribution in [0.4, 0.5) is 0 Å². The van der Waals surface area contributed by atoms with Crippen LogP contribution in [0, 0.1) is 5.92 Å². The lowest BCUT2D eigenvalue weighted by Gasteiger charge is -2.45. The van der Waals surface area contributed by atoms with E-state index in [9.17, 15) is 27.9 Å². The van der Waals surface area contributed by atoms with Crippen molar-refractivity contribution < 1.29 is 36.3 Å². The molecule has 3 atom stereocenters. The van der Waals surface area contributed by atoms with Crippen molar-refractivity contribution in [3.05, 3.63) is 10.6 Å². The van der Waals surface area contributed by atoms with Crippen molar-refractivity contribution in [3.63, 3.8) is 0 Å². The van der Waals surface area contributed by atoms with Gasteiger partial charge in [-0.3, -0.25) is 9.59 Å². The molecule has 0 aromatic rings. The highest BCUT2D eigenvalue weighted by molar-refractivity contribution is 8.03. The van der Waals surface area contributed by atoms with Crippen molar-refractivity contribution in [1.29, 1.82) is 0 Å². The van der Waals surface area contributed by atoms with Crippen LogP contribution in [0.3, 0.4) is 0 Å². The second-order valence-corrected chi connectivity index (χ2v) is 8.46. The van der Waals surface area contributed by atoms with Gasteiger partial charge in [0, 0.05) is 30.5 Å². The monoisotopic (exact) mass is 422 g/mol. The number of hydrogen-bond donors (Lipinski definition) is 2. The van der Waals surface area contributed by atoms with E-state index in [1.54, 1.807) is 0 Å². The standard InChI is InChI=1S/C15H22N2O8S2/c1-4-24-27(22,23)25-8(2)12-10-7-11(26-6-5-16-9(3)18)13(15(20)21)17(10)14(12)19/h8,10,12H,4-7H2,1-3H3,(H,16,18)(H,20,21)/t8-,10+,12-/m0/s1. The summed E-state index contributed by atoms with van der Waals surface area (Å²) < 4.78 is 32.7. The summed E-state index contributed by atoms with van der Waals surface area (Å²) in [6, 6.07) is -0.473. The number of carboxylic acids is 1. The number of carbonyl (C=O) groups is 3. The smallest absolute Gasteiger partial charge is 0.400 e. The van der Waals surface area contributed by atoms with Gasteiger partial charge in [0.05, 0.1) is 24.7 Å².